The van der Waals surface area contributed by atoms with Crippen LogP contribution in [0.3, 0.4) is 0 Å². The molecule has 0 fully saturated rings. The molecule has 0 spiro atoms. The van der Waals surface area contributed by atoms with E-state index in [2.05, 4.69) is 29.7 Å². The van der Waals surface area contributed by atoms with Gasteiger partial charge in [-0.25, -0.2) is 0 Å². The maximum atomic E-state index is 5.95. The van der Waals surface area contributed by atoms with Gasteiger partial charge in [-0.3, -0.25) is 0 Å². The van der Waals surface area contributed by atoms with Crippen LogP contribution in [-0.2, 0) is 13.6 Å². The van der Waals surface area contributed by atoms with Crippen molar-refractivity contribution in [1.82, 2.24) is 0 Å². The second kappa shape index (κ2) is 14.7. The van der Waals surface area contributed by atoms with E-state index in [4.69, 9.17) is 13.6 Å². The van der Waals surface area contributed by atoms with E-state index in [1.165, 1.54) is 38.5 Å². The summed E-state index contributed by atoms with van der Waals surface area (Å²) in [6.07, 6.45) is 10.5. The van der Waals surface area contributed by atoms with Crippen molar-refractivity contribution in [2.45, 2.75) is 78.6 Å². The van der Waals surface area contributed by atoms with Crippen molar-refractivity contribution in [3.63, 3.8) is 0 Å². The van der Waals surface area contributed by atoms with Gasteiger partial charge in [-0.05, 0) is 0 Å². The second-order valence-electron chi connectivity index (χ2n) is 5.27. The molecule has 0 aromatic carbocycles. The molecule has 0 radical (unpaired) electrons. The van der Waals surface area contributed by atoms with Crippen LogP contribution in [0, 0.1) is 0 Å². The van der Waals surface area contributed by atoms with Gasteiger partial charge in [0.05, 0.1) is 0 Å². The Balaban J connectivity index is 3.98. The molecule has 0 saturated carbocycles. The Labute approximate surface area is 129 Å². The number of hydrogen-bond donors (Lipinski definition) is 0. The quantitative estimate of drug-likeness (QED) is 0.277. The van der Waals surface area contributed by atoms with Crippen LogP contribution in [0.2, 0.25) is 0 Å². The molecule has 0 N–H and O–H groups in total. The number of hydrogen-bond acceptors (Lipinski definition) is 3. The predicted octanol–water partition coefficient (Wildman–Crippen LogP) is 5.89. The van der Waals surface area contributed by atoms with Crippen LogP contribution in [0.5, 0.6) is 0 Å². The Hall–Kier alpha value is 0.740. The summed E-state index contributed by atoms with van der Waals surface area (Å²) < 4.78 is 17.8. The summed E-state index contributed by atoms with van der Waals surface area (Å²) in [4.78, 5) is 0. The topological polar surface area (TPSA) is 27.7 Å². The molecule has 0 amide bonds. The standard InChI is InChI=1S/C15H36O3P2/c1-4-7-10-13-16-20(19,17-14-11-8-5-2)18-15-12-9-6-3/h20H,4-15,19H2,1-3H3. The molecule has 0 aliphatic heterocycles. The molecule has 0 aromatic rings. The van der Waals surface area contributed by atoms with Crippen LogP contribution in [0.25, 0.3) is 0 Å². The van der Waals surface area contributed by atoms with Gasteiger partial charge in [0.15, 0.2) is 0 Å². The van der Waals surface area contributed by atoms with Crippen LogP contribution < -0.4 is 0 Å². The van der Waals surface area contributed by atoms with Crippen LogP contribution in [0.4, 0.5) is 0 Å². The van der Waals surface area contributed by atoms with Gasteiger partial charge in [-0.2, -0.15) is 0 Å². The Morgan fingerprint density at radius 2 is 0.900 bits per heavy atom. The summed E-state index contributed by atoms with van der Waals surface area (Å²) in [5.74, 6) is 0. The normalized spacial score (nSPS) is 12.8. The average molecular weight is 326 g/mol. The second-order valence-corrected chi connectivity index (χ2v) is 9.46. The minimum atomic E-state index is -2.48. The molecule has 1 unspecified atom stereocenters. The van der Waals surface area contributed by atoms with E-state index < -0.39 is 7.63 Å². The molecular weight excluding hydrogens is 290 g/mol. The van der Waals surface area contributed by atoms with E-state index in [9.17, 15) is 0 Å². The van der Waals surface area contributed by atoms with E-state index in [0.717, 1.165) is 39.1 Å². The minimum absolute atomic E-state index is 0.755. The number of rotatable bonds is 15. The third kappa shape index (κ3) is 12.5. The fourth-order valence-corrected chi connectivity index (χ4v) is 4.42. The Bertz CT molecular complexity index is 172. The van der Waals surface area contributed by atoms with Gasteiger partial charge in [0.2, 0.25) is 0 Å². The van der Waals surface area contributed by atoms with Gasteiger partial charge in [-0.1, -0.05) is 0 Å². The van der Waals surface area contributed by atoms with E-state index in [0.29, 0.717) is 0 Å². The first-order chi connectivity index (χ1) is 9.68. The molecular formula is C15H36O3P2. The van der Waals surface area contributed by atoms with Gasteiger partial charge in [0.25, 0.3) is 0 Å². The zero-order chi connectivity index (χ0) is 15.1. The summed E-state index contributed by atoms with van der Waals surface area (Å²) in [6.45, 7) is 8.87. The molecule has 0 rings (SSSR count). The number of unbranched alkanes of at least 4 members (excludes halogenated alkanes) is 6. The first kappa shape index (κ1) is 20.7. The van der Waals surface area contributed by atoms with Gasteiger partial charge in [0.1, 0.15) is 0 Å². The van der Waals surface area contributed by atoms with E-state index in [1.54, 1.807) is 0 Å². The molecule has 1 atom stereocenters. The van der Waals surface area contributed by atoms with Gasteiger partial charge >= 0.3 is 129 Å². The SMILES string of the molecule is CCCCCO[PH](P)(OCCCCC)OCCCCC. The van der Waals surface area contributed by atoms with Crippen molar-refractivity contribution < 1.29 is 13.6 Å². The van der Waals surface area contributed by atoms with Gasteiger partial charge < -0.3 is 0 Å². The molecule has 0 saturated heterocycles. The molecule has 3 nitrogen and oxygen atoms in total. The van der Waals surface area contributed by atoms with E-state index in [1.807, 2.05) is 0 Å². The fourth-order valence-electron chi connectivity index (χ4n) is 1.82. The Morgan fingerprint density at radius 1 is 0.600 bits per heavy atom. The van der Waals surface area contributed by atoms with Crippen molar-refractivity contribution in [3.8, 4) is 0 Å². The average Bonchev–Trinajstić information content (AvgIpc) is 2.45. The van der Waals surface area contributed by atoms with Crippen molar-refractivity contribution in [2.75, 3.05) is 19.8 Å². The summed E-state index contributed by atoms with van der Waals surface area (Å²) in [6, 6.07) is 0. The third-order valence-corrected chi connectivity index (χ3v) is 6.47. The fraction of sp³-hybridized carbons (Fsp3) is 1.00. The molecule has 5 heteroatoms. The zero-order valence-corrected chi connectivity index (χ0v) is 15.9. The van der Waals surface area contributed by atoms with Crippen molar-refractivity contribution in [3.05, 3.63) is 0 Å². The van der Waals surface area contributed by atoms with Crippen LogP contribution in [0.1, 0.15) is 78.6 Å². The van der Waals surface area contributed by atoms with Gasteiger partial charge in [-0.15, -0.1) is 0 Å². The van der Waals surface area contributed by atoms with E-state index in [-0.39, 0.29) is 0 Å². The van der Waals surface area contributed by atoms with E-state index >= 15 is 0 Å². The molecule has 20 heavy (non-hydrogen) atoms. The molecule has 0 bridgehead atoms. The molecule has 0 aliphatic rings. The van der Waals surface area contributed by atoms with Crippen molar-refractivity contribution >= 4 is 16.6 Å². The van der Waals surface area contributed by atoms with Gasteiger partial charge in [0, 0.05) is 0 Å². The summed E-state index contributed by atoms with van der Waals surface area (Å²) >= 11 is 0. The molecule has 0 aliphatic carbocycles. The molecule has 124 valence electrons. The summed E-state index contributed by atoms with van der Waals surface area (Å²) in [5.41, 5.74) is 0. The van der Waals surface area contributed by atoms with Crippen LogP contribution in [0.15, 0.2) is 0 Å². The Morgan fingerprint density at radius 3 is 1.15 bits per heavy atom. The van der Waals surface area contributed by atoms with Crippen LogP contribution in [-0.4, -0.2) is 19.8 Å². The summed E-state index contributed by atoms with van der Waals surface area (Å²) in [5, 5.41) is 0. The van der Waals surface area contributed by atoms with Crippen LogP contribution >= 0.6 is 16.6 Å². The summed E-state index contributed by atoms with van der Waals surface area (Å²) in [7, 11) is 0.264. The molecule has 0 aromatic heterocycles. The first-order valence-electron chi connectivity index (χ1n) is 8.39. The molecule has 0 heterocycles. The monoisotopic (exact) mass is 326 g/mol. The van der Waals surface area contributed by atoms with Crippen molar-refractivity contribution in [2.24, 2.45) is 0 Å². The third-order valence-electron chi connectivity index (χ3n) is 3.15. The zero-order valence-electron chi connectivity index (χ0n) is 13.8. The van der Waals surface area contributed by atoms with Crippen molar-refractivity contribution in [1.29, 1.82) is 0 Å². The predicted molar refractivity (Wildman–Crippen MR) is 94.5 cm³/mol. The Kier molecular flexibility index (Phi) is 15.2. The first-order valence-corrected chi connectivity index (χ1v) is 11.9. The maximum absolute atomic E-state index is 5.95.